The van der Waals surface area contributed by atoms with Crippen LogP contribution in [0.4, 0.5) is 0 Å². The van der Waals surface area contributed by atoms with E-state index in [1.807, 2.05) is 73.7 Å². The molecular formula is C43H48O6. The summed E-state index contributed by atoms with van der Waals surface area (Å²) in [6, 6.07) is 35.4. The van der Waals surface area contributed by atoms with E-state index >= 15 is 0 Å². The molecule has 5 atom stereocenters. The molecule has 4 aromatic carbocycles. The smallest absolute Gasteiger partial charge is 0.225 e. The Morgan fingerprint density at radius 3 is 2.18 bits per heavy atom. The summed E-state index contributed by atoms with van der Waals surface area (Å²) in [4.78, 5) is 12.8. The predicted octanol–water partition coefficient (Wildman–Crippen LogP) is 8.07. The fourth-order valence-corrected chi connectivity index (χ4v) is 6.94. The van der Waals surface area contributed by atoms with E-state index in [2.05, 4.69) is 49.9 Å². The summed E-state index contributed by atoms with van der Waals surface area (Å²) >= 11 is 0. The van der Waals surface area contributed by atoms with Crippen molar-refractivity contribution < 1.29 is 28.5 Å². The van der Waals surface area contributed by atoms with Crippen LogP contribution in [-0.2, 0) is 60.3 Å². The van der Waals surface area contributed by atoms with Gasteiger partial charge in [-0.05, 0) is 72.1 Å². The maximum Gasteiger partial charge on any atom is 0.225 e. The third-order valence-electron chi connectivity index (χ3n) is 9.96. The van der Waals surface area contributed by atoms with Crippen LogP contribution < -0.4 is 0 Å². The number of rotatable bonds is 17. The molecule has 2 heterocycles. The molecule has 0 amide bonds. The quantitative estimate of drug-likeness (QED) is 0.0649. The van der Waals surface area contributed by atoms with Crippen LogP contribution in [0.3, 0.4) is 0 Å². The monoisotopic (exact) mass is 660 g/mol. The van der Waals surface area contributed by atoms with Crippen LogP contribution in [0.5, 0.6) is 0 Å². The minimum absolute atomic E-state index is 0.124. The average Bonchev–Trinajstić information content (AvgIpc) is 3.51. The SMILES string of the molecule is C=CCOCCCCc1ccc(Cc2cc([C@]34OC[C@](C=O)(O3)[C@@H](C)[C@H](OCc3ccccc3)[C@H]4OCc3ccccc3)ccc2C)cc1. The third-order valence-corrected chi connectivity index (χ3v) is 9.96. The Hall–Kier alpha value is -3.91. The first-order chi connectivity index (χ1) is 24.0. The lowest BCUT2D eigenvalue weighted by Gasteiger charge is -2.49. The highest BCUT2D eigenvalue weighted by atomic mass is 16.8. The Balaban J connectivity index is 1.27. The van der Waals surface area contributed by atoms with Crippen LogP contribution in [-0.4, -0.2) is 43.9 Å². The Labute approximate surface area is 291 Å². The Morgan fingerprint density at radius 2 is 1.51 bits per heavy atom. The Morgan fingerprint density at radius 1 is 0.837 bits per heavy atom. The van der Waals surface area contributed by atoms with Crippen molar-refractivity contribution in [3.8, 4) is 0 Å². The number of aldehydes is 1. The second-order valence-corrected chi connectivity index (χ2v) is 13.4. The number of ether oxygens (including phenoxy) is 5. The second kappa shape index (κ2) is 16.2. The number of aryl methyl sites for hydroxylation is 2. The van der Waals surface area contributed by atoms with E-state index in [9.17, 15) is 4.79 Å². The molecule has 0 unspecified atom stereocenters. The van der Waals surface area contributed by atoms with Crippen molar-refractivity contribution in [3.05, 3.63) is 155 Å². The molecule has 0 aliphatic carbocycles. The summed E-state index contributed by atoms with van der Waals surface area (Å²) in [5, 5.41) is 0. The number of carbonyl (C=O) groups is 1. The van der Waals surface area contributed by atoms with E-state index in [4.69, 9.17) is 23.7 Å². The standard InChI is InChI=1S/C43H48O6/c1-4-24-45-25-12-11-13-34-19-21-35(22-20-34)26-38-27-39(23-18-32(38)2)43-41(47-29-37-16-9-6-10-17-37)40(46-28-36-14-7-5-8-15-36)33(3)42(30-44,49-43)31-48-43/h4-10,14-23,27,30,33,40-41H,1,11-13,24-26,28-29,31H2,2-3H3/t33-,40-,41+,42-,43-/m0/s1. The fraction of sp³-hybridized carbons (Fsp3) is 0.372. The largest absolute Gasteiger partial charge is 0.377 e. The lowest BCUT2D eigenvalue weighted by molar-refractivity contribution is -0.326. The van der Waals surface area contributed by atoms with Gasteiger partial charge < -0.3 is 28.5 Å². The molecule has 2 fully saturated rings. The van der Waals surface area contributed by atoms with Crippen LogP contribution in [0, 0.1) is 12.8 Å². The molecule has 256 valence electrons. The number of hydrogen-bond donors (Lipinski definition) is 0. The van der Waals surface area contributed by atoms with Crippen molar-refractivity contribution in [2.75, 3.05) is 19.8 Å². The molecule has 2 aliphatic rings. The predicted molar refractivity (Wildman–Crippen MR) is 191 cm³/mol. The first kappa shape index (κ1) is 34.9. The highest BCUT2D eigenvalue weighted by Gasteiger charge is 2.67. The molecule has 2 aliphatic heterocycles. The summed E-state index contributed by atoms with van der Waals surface area (Å²) in [6.07, 6.45) is 5.47. The van der Waals surface area contributed by atoms with Gasteiger partial charge in [0.15, 0.2) is 11.9 Å². The van der Waals surface area contributed by atoms with E-state index in [0.717, 1.165) is 60.8 Å². The van der Waals surface area contributed by atoms with Gasteiger partial charge in [0.05, 0.1) is 32.5 Å². The van der Waals surface area contributed by atoms with Crippen molar-refractivity contribution in [3.63, 3.8) is 0 Å². The summed E-state index contributed by atoms with van der Waals surface area (Å²) in [6.45, 7) is 10.0. The minimum Gasteiger partial charge on any atom is -0.377 e. The van der Waals surface area contributed by atoms with Gasteiger partial charge in [-0.2, -0.15) is 0 Å². The van der Waals surface area contributed by atoms with Gasteiger partial charge in [0.1, 0.15) is 6.10 Å². The lowest BCUT2D eigenvalue weighted by Crippen LogP contribution is -2.62. The van der Waals surface area contributed by atoms with Gasteiger partial charge in [-0.1, -0.05) is 110 Å². The molecule has 6 rings (SSSR count). The van der Waals surface area contributed by atoms with Crippen LogP contribution in [0.15, 0.2) is 116 Å². The van der Waals surface area contributed by atoms with Crippen LogP contribution >= 0.6 is 0 Å². The second-order valence-electron chi connectivity index (χ2n) is 13.4. The van der Waals surface area contributed by atoms with E-state index in [-0.39, 0.29) is 12.5 Å². The van der Waals surface area contributed by atoms with Gasteiger partial charge in [-0.3, -0.25) is 0 Å². The Bertz CT molecular complexity index is 1660. The molecule has 4 aromatic rings. The van der Waals surface area contributed by atoms with Gasteiger partial charge in [0, 0.05) is 18.1 Å². The van der Waals surface area contributed by atoms with Crippen molar-refractivity contribution >= 4 is 6.29 Å². The summed E-state index contributed by atoms with van der Waals surface area (Å²) in [5.41, 5.74) is 6.63. The zero-order valence-corrected chi connectivity index (χ0v) is 28.7. The maximum atomic E-state index is 12.8. The normalized spacial score (nSPS) is 24.5. The third kappa shape index (κ3) is 7.95. The van der Waals surface area contributed by atoms with Gasteiger partial charge in [-0.25, -0.2) is 0 Å². The first-order valence-corrected chi connectivity index (χ1v) is 17.4. The number of fused-ring (bicyclic) bond motifs is 2. The number of unbranched alkanes of at least 4 members (excludes halogenated alkanes) is 1. The van der Waals surface area contributed by atoms with Crippen LogP contribution in [0.1, 0.15) is 58.7 Å². The number of hydrogen-bond acceptors (Lipinski definition) is 6. The molecule has 0 radical (unpaired) electrons. The number of carbonyl (C=O) groups excluding carboxylic acids is 1. The molecule has 0 saturated carbocycles. The highest BCUT2D eigenvalue weighted by Crippen LogP contribution is 2.53. The molecule has 6 heteroatoms. The summed E-state index contributed by atoms with van der Waals surface area (Å²) in [7, 11) is 0. The zero-order valence-electron chi connectivity index (χ0n) is 28.7. The molecular weight excluding hydrogens is 612 g/mol. The van der Waals surface area contributed by atoms with Gasteiger partial charge in [-0.15, -0.1) is 6.58 Å². The van der Waals surface area contributed by atoms with Gasteiger partial charge in [0.25, 0.3) is 0 Å². The Kier molecular flexibility index (Phi) is 11.5. The topological polar surface area (TPSA) is 63.2 Å². The van der Waals surface area contributed by atoms with Crippen LogP contribution in [0.25, 0.3) is 0 Å². The molecule has 6 nitrogen and oxygen atoms in total. The fourth-order valence-electron chi connectivity index (χ4n) is 6.94. The van der Waals surface area contributed by atoms with Crippen molar-refractivity contribution in [2.45, 2.75) is 76.3 Å². The van der Waals surface area contributed by atoms with Crippen molar-refractivity contribution in [1.82, 2.24) is 0 Å². The van der Waals surface area contributed by atoms with E-state index in [1.165, 1.54) is 16.7 Å². The molecule has 0 N–H and O–H groups in total. The van der Waals surface area contributed by atoms with Crippen molar-refractivity contribution in [2.24, 2.45) is 5.92 Å². The van der Waals surface area contributed by atoms with E-state index in [1.54, 1.807) is 6.08 Å². The molecule has 49 heavy (non-hydrogen) atoms. The zero-order chi connectivity index (χ0) is 34.1. The van der Waals surface area contributed by atoms with Gasteiger partial charge in [0.2, 0.25) is 5.79 Å². The van der Waals surface area contributed by atoms with Gasteiger partial charge >= 0.3 is 0 Å². The highest BCUT2D eigenvalue weighted by molar-refractivity contribution is 5.65. The van der Waals surface area contributed by atoms with E-state index in [0.29, 0.717) is 19.8 Å². The van der Waals surface area contributed by atoms with E-state index < -0.39 is 23.6 Å². The summed E-state index contributed by atoms with van der Waals surface area (Å²) in [5.74, 6) is -1.64. The molecule has 2 saturated heterocycles. The number of benzene rings is 4. The summed E-state index contributed by atoms with van der Waals surface area (Å²) < 4.78 is 32.5. The molecule has 2 bridgehead atoms. The van der Waals surface area contributed by atoms with Crippen LogP contribution in [0.2, 0.25) is 0 Å². The van der Waals surface area contributed by atoms with Crippen molar-refractivity contribution in [1.29, 1.82) is 0 Å². The molecule has 0 spiro atoms. The first-order valence-electron chi connectivity index (χ1n) is 17.4. The molecule has 0 aromatic heterocycles. The lowest BCUT2D eigenvalue weighted by atomic mass is 9.78. The average molecular weight is 661 g/mol. The minimum atomic E-state index is -1.33. The maximum absolute atomic E-state index is 12.8.